The van der Waals surface area contributed by atoms with E-state index in [0.29, 0.717) is 12.1 Å². The van der Waals surface area contributed by atoms with Crippen LogP contribution in [-0.4, -0.2) is 64.8 Å². The molecule has 142 valence electrons. The van der Waals surface area contributed by atoms with Crippen LogP contribution in [0.25, 0.3) is 0 Å². The maximum absolute atomic E-state index is 4.30. The van der Waals surface area contributed by atoms with E-state index in [1.807, 2.05) is 9.35 Å². The number of fused-ring (bicyclic) bond motifs is 2. The predicted octanol–water partition coefficient (Wildman–Crippen LogP) is 2.61. The van der Waals surface area contributed by atoms with E-state index >= 15 is 0 Å². The van der Waals surface area contributed by atoms with Gasteiger partial charge in [0, 0.05) is 35.1 Å². The lowest BCUT2D eigenvalue weighted by Crippen LogP contribution is -2.32. The summed E-state index contributed by atoms with van der Waals surface area (Å²) in [7, 11) is 0. The molecule has 4 rings (SSSR count). The normalized spacial score (nSPS) is 21.6. The number of nitrogens with zero attached hydrogens (tertiary/aromatic N) is 6. The highest BCUT2D eigenvalue weighted by atomic mass is 32.2. The molecule has 0 saturated heterocycles. The molecule has 0 aromatic carbocycles. The first-order chi connectivity index (χ1) is 12.7. The lowest BCUT2D eigenvalue weighted by Gasteiger charge is -2.22. The second-order valence-electron chi connectivity index (χ2n) is 6.29. The van der Waals surface area contributed by atoms with Gasteiger partial charge in [0.2, 0.25) is 20.6 Å². The lowest BCUT2D eigenvalue weighted by atomic mass is 10.4. The van der Waals surface area contributed by atoms with Crippen LogP contribution in [0.15, 0.2) is 20.6 Å². The Labute approximate surface area is 169 Å². The second kappa shape index (κ2) is 8.53. The first-order valence-corrected chi connectivity index (χ1v) is 12.6. The Hall–Kier alpha value is -0.720. The van der Waals surface area contributed by atoms with E-state index in [-0.39, 0.29) is 0 Å². The summed E-state index contributed by atoms with van der Waals surface area (Å²) >= 11 is 7.06. The van der Waals surface area contributed by atoms with Crippen LogP contribution in [0.1, 0.15) is 26.7 Å². The number of nitrogens with one attached hydrogen (secondary N) is 2. The fourth-order valence-electron chi connectivity index (χ4n) is 2.55. The van der Waals surface area contributed by atoms with Crippen molar-refractivity contribution in [2.45, 2.75) is 59.4 Å². The minimum atomic E-state index is 0.447. The van der Waals surface area contributed by atoms with E-state index in [4.69, 9.17) is 0 Å². The van der Waals surface area contributed by atoms with Gasteiger partial charge in [-0.15, -0.1) is 20.4 Å². The molecule has 2 atom stereocenters. The quantitative estimate of drug-likeness (QED) is 0.505. The second-order valence-corrected chi connectivity index (χ2v) is 10.4. The van der Waals surface area contributed by atoms with Crippen LogP contribution in [0, 0.1) is 0 Å². The van der Waals surface area contributed by atoms with Gasteiger partial charge in [-0.3, -0.25) is 0 Å². The summed E-state index contributed by atoms with van der Waals surface area (Å²) in [6.45, 7) is 4.36. The average molecular weight is 431 g/mol. The first kappa shape index (κ1) is 18.6. The van der Waals surface area contributed by atoms with Gasteiger partial charge in [-0.1, -0.05) is 47.0 Å². The summed E-state index contributed by atoms with van der Waals surface area (Å²) in [5.41, 5.74) is 6.86. The molecule has 26 heavy (non-hydrogen) atoms. The van der Waals surface area contributed by atoms with Crippen LogP contribution >= 0.6 is 47.0 Å². The van der Waals surface area contributed by atoms with Crippen LogP contribution in [0.5, 0.6) is 0 Å². The minimum Gasteiger partial charge on any atom is -0.318 e. The SMILES string of the molecule is CC1CSc2nnc(SCCCCSc3nnc4n3NC(C)CS4)n2N1. The molecule has 2 aliphatic rings. The summed E-state index contributed by atoms with van der Waals surface area (Å²) in [5, 5.41) is 21.0. The number of unbranched alkanes of at least 4 members (excludes halogenated alkanes) is 1. The Morgan fingerprint density at radius 2 is 1.31 bits per heavy atom. The molecule has 4 heterocycles. The molecule has 0 aliphatic carbocycles. The van der Waals surface area contributed by atoms with E-state index in [1.54, 1.807) is 47.0 Å². The van der Waals surface area contributed by atoms with Crippen molar-refractivity contribution < 1.29 is 0 Å². The Bertz CT molecular complexity index is 685. The van der Waals surface area contributed by atoms with Crippen molar-refractivity contribution in [3.63, 3.8) is 0 Å². The molecule has 0 fully saturated rings. The van der Waals surface area contributed by atoms with Crippen LogP contribution < -0.4 is 10.9 Å². The fraction of sp³-hybridized carbons (Fsp3) is 0.714. The summed E-state index contributed by atoms with van der Waals surface area (Å²) < 4.78 is 4.07. The van der Waals surface area contributed by atoms with E-state index in [2.05, 4.69) is 45.1 Å². The van der Waals surface area contributed by atoms with Gasteiger partial charge in [-0.2, -0.15) is 0 Å². The van der Waals surface area contributed by atoms with Crippen LogP contribution in [0.2, 0.25) is 0 Å². The van der Waals surface area contributed by atoms with E-state index in [9.17, 15) is 0 Å². The number of hydrogen-bond donors (Lipinski definition) is 2. The van der Waals surface area contributed by atoms with Crippen molar-refractivity contribution in [1.82, 2.24) is 29.7 Å². The summed E-state index contributed by atoms with van der Waals surface area (Å²) in [4.78, 5) is 0. The maximum atomic E-state index is 4.30. The van der Waals surface area contributed by atoms with Crippen molar-refractivity contribution in [2.24, 2.45) is 0 Å². The van der Waals surface area contributed by atoms with Gasteiger partial charge < -0.3 is 10.9 Å². The van der Waals surface area contributed by atoms with Gasteiger partial charge in [-0.25, -0.2) is 9.35 Å². The summed E-state index contributed by atoms with van der Waals surface area (Å²) in [6, 6.07) is 0.894. The Morgan fingerprint density at radius 1 is 0.846 bits per heavy atom. The standard InChI is InChI=1S/C14H22N8S4/c1-9-7-25-13-17-15-11(21(13)19-9)23-5-3-4-6-24-12-16-18-14-22(12)20-10(2)8-26-14/h9-10,19-20H,3-8H2,1-2H3. The molecule has 0 spiro atoms. The van der Waals surface area contributed by atoms with Crippen LogP contribution in [0.4, 0.5) is 0 Å². The molecular weight excluding hydrogens is 408 g/mol. The summed E-state index contributed by atoms with van der Waals surface area (Å²) in [5.74, 6) is 4.17. The number of thioether (sulfide) groups is 4. The molecule has 0 bridgehead atoms. The minimum absolute atomic E-state index is 0.447. The number of aromatic nitrogens is 6. The van der Waals surface area contributed by atoms with E-state index in [1.165, 1.54) is 0 Å². The van der Waals surface area contributed by atoms with Crippen LogP contribution in [0.3, 0.4) is 0 Å². The Morgan fingerprint density at radius 3 is 1.77 bits per heavy atom. The highest BCUT2D eigenvalue weighted by molar-refractivity contribution is 8.00. The third kappa shape index (κ3) is 4.23. The van der Waals surface area contributed by atoms with E-state index in [0.717, 1.165) is 56.5 Å². The largest absolute Gasteiger partial charge is 0.318 e. The van der Waals surface area contributed by atoms with E-state index < -0.39 is 0 Å². The smallest absolute Gasteiger partial charge is 0.210 e. The molecule has 0 amide bonds. The van der Waals surface area contributed by atoms with Gasteiger partial charge in [0.1, 0.15) is 0 Å². The number of rotatable bonds is 7. The van der Waals surface area contributed by atoms with Crippen molar-refractivity contribution in [3.8, 4) is 0 Å². The zero-order valence-corrected chi connectivity index (χ0v) is 18.0. The average Bonchev–Trinajstić information content (AvgIpc) is 3.21. The molecular formula is C14H22N8S4. The van der Waals surface area contributed by atoms with Gasteiger partial charge in [-0.05, 0) is 26.7 Å². The van der Waals surface area contributed by atoms with Crippen LogP contribution in [-0.2, 0) is 0 Å². The molecule has 2 aromatic heterocycles. The van der Waals surface area contributed by atoms with Crippen molar-refractivity contribution in [3.05, 3.63) is 0 Å². The third-order valence-corrected chi connectivity index (χ3v) is 8.24. The zero-order chi connectivity index (χ0) is 17.9. The van der Waals surface area contributed by atoms with Gasteiger partial charge in [0.25, 0.3) is 0 Å². The molecule has 0 radical (unpaired) electrons. The van der Waals surface area contributed by atoms with Gasteiger partial charge in [0.15, 0.2) is 0 Å². The molecule has 2 unspecified atom stereocenters. The Balaban J connectivity index is 1.19. The lowest BCUT2D eigenvalue weighted by molar-refractivity contribution is 0.627. The maximum Gasteiger partial charge on any atom is 0.210 e. The first-order valence-electron chi connectivity index (χ1n) is 8.66. The molecule has 2 aromatic rings. The molecule has 8 nitrogen and oxygen atoms in total. The topological polar surface area (TPSA) is 85.5 Å². The fourth-order valence-corrected chi connectivity index (χ4v) is 6.15. The monoisotopic (exact) mass is 430 g/mol. The van der Waals surface area contributed by atoms with Crippen molar-refractivity contribution >= 4 is 47.0 Å². The zero-order valence-electron chi connectivity index (χ0n) is 14.7. The third-order valence-electron chi connectivity index (χ3n) is 3.83. The highest BCUT2D eigenvalue weighted by Gasteiger charge is 2.21. The van der Waals surface area contributed by atoms with Gasteiger partial charge >= 0.3 is 0 Å². The van der Waals surface area contributed by atoms with Gasteiger partial charge in [0.05, 0.1) is 0 Å². The molecule has 0 saturated carbocycles. The molecule has 2 aliphatic heterocycles. The van der Waals surface area contributed by atoms with Crippen molar-refractivity contribution in [2.75, 3.05) is 33.9 Å². The number of hydrogen-bond acceptors (Lipinski definition) is 10. The Kier molecular flexibility index (Phi) is 6.11. The molecule has 12 heteroatoms. The van der Waals surface area contributed by atoms with Crippen molar-refractivity contribution in [1.29, 1.82) is 0 Å². The summed E-state index contributed by atoms with van der Waals surface area (Å²) in [6.07, 6.45) is 2.28. The highest BCUT2D eigenvalue weighted by Crippen LogP contribution is 2.28. The predicted molar refractivity (Wildman–Crippen MR) is 110 cm³/mol. The molecule has 2 N–H and O–H groups in total.